The number of rotatable bonds is 7. The van der Waals surface area contributed by atoms with Crippen molar-refractivity contribution in [1.82, 2.24) is 0 Å². The first-order valence-electron chi connectivity index (χ1n) is 9.71. The lowest BCUT2D eigenvalue weighted by Crippen LogP contribution is -2.27. The molecule has 29 heavy (non-hydrogen) atoms. The highest BCUT2D eigenvalue weighted by Gasteiger charge is 2.33. The Labute approximate surface area is 181 Å². The van der Waals surface area contributed by atoms with E-state index in [2.05, 4.69) is 6.92 Å². The third-order valence-corrected chi connectivity index (χ3v) is 5.86. The summed E-state index contributed by atoms with van der Waals surface area (Å²) in [5.74, 6) is 1.28. The summed E-state index contributed by atoms with van der Waals surface area (Å²) in [6.45, 7) is 8.59. The fraction of sp³-hybridized carbons (Fsp3) is 0.304. The molecule has 0 N–H and O–H groups in total. The van der Waals surface area contributed by atoms with Gasteiger partial charge in [-0.15, -0.1) is 0 Å². The van der Waals surface area contributed by atoms with Gasteiger partial charge in [-0.3, -0.25) is 9.69 Å². The van der Waals surface area contributed by atoms with Gasteiger partial charge < -0.3 is 9.47 Å². The van der Waals surface area contributed by atoms with Crippen molar-refractivity contribution in [3.63, 3.8) is 0 Å². The third kappa shape index (κ3) is 5.00. The summed E-state index contributed by atoms with van der Waals surface area (Å²) in [5, 5.41) is 0. The maximum atomic E-state index is 13.0. The minimum atomic E-state index is -0.109. The molecule has 1 aliphatic heterocycles. The van der Waals surface area contributed by atoms with Gasteiger partial charge in [-0.05, 0) is 63.1 Å². The van der Waals surface area contributed by atoms with E-state index in [1.54, 1.807) is 4.90 Å². The van der Waals surface area contributed by atoms with E-state index in [0.29, 0.717) is 27.3 Å². The summed E-state index contributed by atoms with van der Waals surface area (Å²) in [7, 11) is 0. The van der Waals surface area contributed by atoms with Crippen molar-refractivity contribution in [2.24, 2.45) is 0 Å². The minimum absolute atomic E-state index is 0.103. The van der Waals surface area contributed by atoms with E-state index in [4.69, 9.17) is 21.7 Å². The van der Waals surface area contributed by atoms with Gasteiger partial charge in [0.15, 0.2) is 15.8 Å². The zero-order valence-corrected chi connectivity index (χ0v) is 18.7. The van der Waals surface area contributed by atoms with Crippen LogP contribution < -0.4 is 14.4 Å². The number of hydrogen-bond acceptors (Lipinski definition) is 5. The first-order valence-corrected chi connectivity index (χ1v) is 10.9. The van der Waals surface area contributed by atoms with Crippen LogP contribution in [0.3, 0.4) is 0 Å². The van der Waals surface area contributed by atoms with E-state index >= 15 is 0 Å². The van der Waals surface area contributed by atoms with Gasteiger partial charge in [0.2, 0.25) is 0 Å². The van der Waals surface area contributed by atoms with Crippen LogP contribution in [0.5, 0.6) is 11.5 Å². The van der Waals surface area contributed by atoms with Crippen molar-refractivity contribution in [2.45, 2.75) is 40.2 Å². The molecule has 0 spiro atoms. The standard InChI is InChI=1S/C23H25NO3S2/c1-5-16(4)27-19-12-9-17(13-20(19)26-6-2)14-21-22(25)24(23(28)29-21)18-10-7-15(3)8-11-18/h7-14,16H,5-6H2,1-4H3/b21-14-/t16-/m1/s1. The fourth-order valence-corrected chi connectivity index (χ4v) is 4.11. The molecule has 0 radical (unpaired) electrons. The minimum Gasteiger partial charge on any atom is -0.490 e. The highest BCUT2D eigenvalue weighted by molar-refractivity contribution is 8.27. The first kappa shape index (κ1) is 21.4. The van der Waals surface area contributed by atoms with Gasteiger partial charge in [0.1, 0.15) is 0 Å². The maximum Gasteiger partial charge on any atom is 0.270 e. The lowest BCUT2D eigenvalue weighted by atomic mass is 10.1. The second-order valence-electron chi connectivity index (χ2n) is 6.83. The molecular weight excluding hydrogens is 402 g/mol. The molecule has 1 saturated heterocycles. The van der Waals surface area contributed by atoms with Crippen LogP contribution in [0.15, 0.2) is 47.4 Å². The highest BCUT2D eigenvalue weighted by Crippen LogP contribution is 2.37. The SMILES string of the molecule is CCOc1cc(/C=C2\SC(=S)N(c3ccc(C)cc3)C2=O)ccc1O[C@H](C)CC. The molecule has 2 aromatic carbocycles. The average molecular weight is 428 g/mol. The van der Waals surface area contributed by atoms with Gasteiger partial charge in [-0.25, -0.2) is 0 Å². The second-order valence-corrected chi connectivity index (χ2v) is 8.50. The van der Waals surface area contributed by atoms with Crippen molar-refractivity contribution < 1.29 is 14.3 Å². The van der Waals surface area contributed by atoms with Gasteiger partial charge in [-0.2, -0.15) is 0 Å². The summed E-state index contributed by atoms with van der Waals surface area (Å²) in [4.78, 5) is 15.1. The van der Waals surface area contributed by atoms with Crippen LogP contribution in [0.4, 0.5) is 5.69 Å². The largest absolute Gasteiger partial charge is 0.490 e. The van der Waals surface area contributed by atoms with E-state index in [1.807, 2.05) is 69.3 Å². The van der Waals surface area contributed by atoms with Crippen molar-refractivity contribution in [1.29, 1.82) is 0 Å². The van der Waals surface area contributed by atoms with Crippen molar-refractivity contribution >= 4 is 46.0 Å². The Morgan fingerprint density at radius 1 is 1.14 bits per heavy atom. The van der Waals surface area contributed by atoms with Gasteiger partial charge in [0.25, 0.3) is 5.91 Å². The van der Waals surface area contributed by atoms with Gasteiger partial charge in [0.05, 0.1) is 23.3 Å². The first-order chi connectivity index (χ1) is 13.9. The van der Waals surface area contributed by atoms with E-state index in [-0.39, 0.29) is 12.0 Å². The second kappa shape index (κ2) is 9.46. The Bertz CT molecular complexity index is 938. The Balaban J connectivity index is 1.87. The monoisotopic (exact) mass is 427 g/mol. The molecule has 4 nitrogen and oxygen atoms in total. The van der Waals surface area contributed by atoms with E-state index in [0.717, 1.165) is 23.2 Å². The molecule has 0 unspecified atom stereocenters. The smallest absolute Gasteiger partial charge is 0.270 e. The molecule has 0 aromatic heterocycles. The molecule has 1 aliphatic rings. The van der Waals surface area contributed by atoms with Gasteiger partial charge >= 0.3 is 0 Å². The molecule has 0 aliphatic carbocycles. The zero-order chi connectivity index (χ0) is 21.0. The lowest BCUT2D eigenvalue weighted by Gasteiger charge is -2.16. The summed E-state index contributed by atoms with van der Waals surface area (Å²) < 4.78 is 12.2. The predicted octanol–water partition coefficient (Wildman–Crippen LogP) is 5.98. The molecule has 152 valence electrons. The number of anilines is 1. The van der Waals surface area contributed by atoms with Crippen LogP contribution in [0, 0.1) is 6.92 Å². The van der Waals surface area contributed by atoms with Crippen LogP contribution in [0.25, 0.3) is 6.08 Å². The number of carbonyl (C=O) groups excluding carboxylic acids is 1. The number of nitrogens with zero attached hydrogens (tertiary/aromatic N) is 1. The van der Waals surface area contributed by atoms with Crippen LogP contribution in [0.1, 0.15) is 38.3 Å². The van der Waals surface area contributed by atoms with Crippen molar-refractivity contribution in [3.05, 3.63) is 58.5 Å². The lowest BCUT2D eigenvalue weighted by molar-refractivity contribution is -0.113. The number of ether oxygens (including phenoxy) is 2. The number of thioether (sulfide) groups is 1. The number of hydrogen-bond donors (Lipinski definition) is 0. The van der Waals surface area contributed by atoms with Crippen LogP contribution in [-0.2, 0) is 4.79 Å². The predicted molar refractivity (Wildman–Crippen MR) is 125 cm³/mol. The Hall–Kier alpha value is -2.31. The Morgan fingerprint density at radius 3 is 2.52 bits per heavy atom. The highest BCUT2D eigenvalue weighted by atomic mass is 32.2. The number of aryl methyl sites for hydroxylation is 1. The quantitative estimate of drug-likeness (QED) is 0.402. The molecule has 0 saturated carbocycles. The molecule has 6 heteroatoms. The Kier molecular flexibility index (Phi) is 6.98. The summed E-state index contributed by atoms with van der Waals surface area (Å²) >= 11 is 6.77. The van der Waals surface area contributed by atoms with Crippen LogP contribution in [0.2, 0.25) is 0 Å². The molecule has 1 amide bonds. The molecule has 1 heterocycles. The van der Waals surface area contributed by atoms with E-state index in [9.17, 15) is 4.79 Å². The van der Waals surface area contributed by atoms with Crippen LogP contribution >= 0.6 is 24.0 Å². The average Bonchev–Trinajstić information content (AvgIpc) is 2.98. The Morgan fingerprint density at radius 2 is 1.86 bits per heavy atom. The van der Waals surface area contributed by atoms with E-state index in [1.165, 1.54) is 11.8 Å². The summed E-state index contributed by atoms with van der Waals surface area (Å²) in [6, 6.07) is 13.5. The topological polar surface area (TPSA) is 38.8 Å². The van der Waals surface area contributed by atoms with Crippen molar-refractivity contribution in [2.75, 3.05) is 11.5 Å². The number of carbonyl (C=O) groups is 1. The normalized spacial score (nSPS) is 16.4. The molecule has 1 fully saturated rings. The van der Waals surface area contributed by atoms with E-state index < -0.39 is 0 Å². The van der Waals surface area contributed by atoms with Crippen LogP contribution in [-0.4, -0.2) is 22.9 Å². The molecule has 1 atom stereocenters. The molecule has 0 bridgehead atoms. The number of thiocarbonyl (C=S) groups is 1. The fourth-order valence-electron chi connectivity index (χ4n) is 2.82. The molecule has 3 rings (SSSR count). The molecule has 2 aromatic rings. The van der Waals surface area contributed by atoms with Crippen molar-refractivity contribution in [3.8, 4) is 11.5 Å². The number of amides is 1. The zero-order valence-electron chi connectivity index (χ0n) is 17.1. The number of benzene rings is 2. The third-order valence-electron chi connectivity index (χ3n) is 4.55. The van der Waals surface area contributed by atoms with Gasteiger partial charge in [-0.1, -0.05) is 54.7 Å². The maximum absolute atomic E-state index is 13.0. The van der Waals surface area contributed by atoms with Gasteiger partial charge in [0, 0.05) is 0 Å². The molecular formula is C23H25NO3S2. The summed E-state index contributed by atoms with van der Waals surface area (Å²) in [6.07, 6.45) is 2.86. The summed E-state index contributed by atoms with van der Waals surface area (Å²) in [5.41, 5.74) is 2.79.